The SMILES string of the molecule is CC1CCN(c2ncc(CN)c3ccccc23)C1. The zero-order valence-corrected chi connectivity index (χ0v) is 10.8. The minimum absolute atomic E-state index is 0.546. The van der Waals surface area contributed by atoms with Gasteiger partial charge in [-0.25, -0.2) is 4.98 Å². The Hall–Kier alpha value is -1.61. The van der Waals surface area contributed by atoms with Crippen molar-refractivity contribution in [3.05, 3.63) is 36.0 Å². The first-order chi connectivity index (χ1) is 8.79. The van der Waals surface area contributed by atoms with Crippen molar-refractivity contribution in [3.8, 4) is 0 Å². The van der Waals surface area contributed by atoms with Crippen molar-refractivity contribution in [1.82, 2.24) is 4.98 Å². The molecule has 0 spiro atoms. The van der Waals surface area contributed by atoms with Crippen LogP contribution in [-0.2, 0) is 6.54 Å². The van der Waals surface area contributed by atoms with E-state index in [-0.39, 0.29) is 0 Å². The van der Waals surface area contributed by atoms with Crippen molar-refractivity contribution in [2.75, 3.05) is 18.0 Å². The summed E-state index contributed by atoms with van der Waals surface area (Å²) in [5, 5.41) is 2.47. The number of rotatable bonds is 2. The summed E-state index contributed by atoms with van der Waals surface area (Å²) in [6.07, 6.45) is 3.19. The van der Waals surface area contributed by atoms with Crippen LogP contribution in [0.5, 0.6) is 0 Å². The van der Waals surface area contributed by atoms with Gasteiger partial charge in [-0.3, -0.25) is 0 Å². The molecule has 0 radical (unpaired) electrons. The highest BCUT2D eigenvalue weighted by molar-refractivity contribution is 5.94. The fourth-order valence-electron chi connectivity index (χ4n) is 2.78. The highest BCUT2D eigenvalue weighted by Crippen LogP contribution is 2.30. The van der Waals surface area contributed by atoms with Crippen molar-refractivity contribution in [1.29, 1.82) is 0 Å². The largest absolute Gasteiger partial charge is 0.356 e. The molecule has 0 amide bonds. The smallest absolute Gasteiger partial charge is 0.136 e. The number of aromatic nitrogens is 1. The lowest BCUT2D eigenvalue weighted by Gasteiger charge is -2.20. The number of nitrogens with zero attached hydrogens (tertiary/aromatic N) is 2. The van der Waals surface area contributed by atoms with Gasteiger partial charge in [-0.15, -0.1) is 0 Å². The first kappa shape index (κ1) is 11.5. The van der Waals surface area contributed by atoms with Gasteiger partial charge in [-0.1, -0.05) is 31.2 Å². The van der Waals surface area contributed by atoms with E-state index < -0.39 is 0 Å². The molecule has 1 fully saturated rings. The van der Waals surface area contributed by atoms with Crippen molar-refractivity contribution in [2.45, 2.75) is 19.9 Å². The predicted octanol–water partition coefficient (Wildman–Crippen LogP) is 2.54. The molecule has 1 aliphatic rings. The lowest BCUT2D eigenvalue weighted by Crippen LogP contribution is -2.20. The molecule has 94 valence electrons. The van der Waals surface area contributed by atoms with Crippen LogP contribution in [0.3, 0.4) is 0 Å². The van der Waals surface area contributed by atoms with Crippen LogP contribution in [0.1, 0.15) is 18.9 Å². The van der Waals surface area contributed by atoms with Crippen molar-refractivity contribution in [3.63, 3.8) is 0 Å². The van der Waals surface area contributed by atoms with Crippen LogP contribution < -0.4 is 10.6 Å². The standard InChI is InChI=1S/C15H19N3/c1-11-6-7-18(10-11)15-14-5-3-2-4-13(14)12(8-16)9-17-15/h2-5,9,11H,6-8,10,16H2,1H3. The second kappa shape index (κ2) is 4.58. The van der Waals surface area contributed by atoms with E-state index >= 15 is 0 Å². The summed E-state index contributed by atoms with van der Waals surface area (Å²) in [4.78, 5) is 7.04. The second-order valence-corrected chi connectivity index (χ2v) is 5.20. The van der Waals surface area contributed by atoms with Gasteiger partial charge in [-0.2, -0.15) is 0 Å². The third-order valence-corrected chi connectivity index (χ3v) is 3.80. The summed E-state index contributed by atoms with van der Waals surface area (Å²) in [6, 6.07) is 8.44. The number of hydrogen-bond acceptors (Lipinski definition) is 3. The summed E-state index contributed by atoms with van der Waals surface area (Å²) in [7, 11) is 0. The van der Waals surface area contributed by atoms with Gasteiger partial charge >= 0.3 is 0 Å². The summed E-state index contributed by atoms with van der Waals surface area (Å²) in [5.74, 6) is 1.88. The van der Waals surface area contributed by atoms with E-state index in [1.807, 2.05) is 6.20 Å². The molecule has 1 saturated heterocycles. The Morgan fingerprint density at radius 1 is 1.33 bits per heavy atom. The molecule has 0 bridgehead atoms. The lowest BCUT2D eigenvalue weighted by atomic mass is 10.1. The van der Waals surface area contributed by atoms with Gasteiger partial charge in [0.2, 0.25) is 0 Å². The Bertz CT molecular complexity index is 565. The molecule has 1 aromatic heterocycles. The van der Waals surface area contributed by atoms with E-state index in [1.54, 1.807) is 0 Å². The molecular weight excluding hydrogens is 222 g/mol. The van der Waals surface area contributed by atoms with Gasteiger partial charge in [0.1, 0.15) is 5.82 Å². The maximum Gasteiger partial charge on any atom is 0.136 e. The lowest BCUT2D eigenvalue weighted by molar-refractivity contribution is 0.659. The Morgan fingerprint density at radius 3 is 2.78 bits per heavy atom. The van der Waals surface area contributed by atoms with Gasteiger partial charge in [0.25, 0.3) is 0 Å². The van der Waals surface area contributed by atoms with E-state index in [0.29, 0.717) is 6.54 Å². The summed E-state index contributed by atoms with van der Waals surface area (Å²) in [6.45, 7) is 5.07. The third kappa shape index (κ3) is 1.85. The van der Waals surface area contributed by atoms with E-state index in [4.69, 9.17) is 5.73 Å². The number of fused-ring (bicyclic) bond motifs is 1. The molecule has 1 aromatic carbocycles. The van der Waals surface area contributed by atoms with E-state index in [9.17, 15) is 0 Å². The fraction of sp³-hybridized carbons (Fsp3) is 0.400. The van der Waals surface area contributed by atoms with E-state index in [0.717, 1.165) is 30.4 Å². The van der Waals surface area contributed by atoms with Gasteiger partial charge in [0.05, 0.1) is 0 Å². The molecule has 2 heterocycles. The van der Waals surface area contributed by atoms with Crippen LogP contribution in [-0.4, -0.2) is 18.1 Å². The Morgan fingerprint density at radius 2 is 2.11 bits per heavy atom. The molecular formula is C15H19N3. The van der Waals surface area contributed by atoms with Crippen LogP contribution in [0.2, 0.25) is 0 Å². The molecule has 1 atom stereocenters. The molecule has 0 aliphatic carbocycles. The maximum atomic E-state index is 5.79. The predicted molar refractivity (Wildman–Crippen MR) is 75.6 cm³/mol. The minimum Gasteiger partial charge on any atom is -0.356 e. The number of anilines is 1. The molecule has 3 rings (SSSR count). The van der Waals surface area contributed by atoms with Crippen LogP contribution in [0.15, 0.2) is 30.5 Å². The van der Waals surface area contributed by atoms with E-state index in [1.165, 1.54) is 17.2 Å². The number of benzene rings is 1. The van der Waals surface area contributed by atoms with Crippen molar-refractivity contribution < 1.29 is 0 Å². The van der Waals surface area contributed by atoms with Crippen LogP contribution >= 0.6 is 0 Å². The second-order valence-electron chi connectivity index (χ2n) is 5.20. The monoisotopic (exact) mass is 241 g/mol. The minimum atomic E-state index is 0.546. The quantitative estimate of drug-likeness (QED) is 0.878. The summed E-state index contributed by atoms with van der Waals surface area (Å²) in [5.41, 5.74) is 6.91. The average molecular weight is 241 g/mol. The molecule has 2 N–H and O–H groups in total. The van der Waals surface area contributed by atoms with Gasteiger partial charge in [0.15, 0.2) is 0 Å². The third-order valence-electron chi connectivity index (χ3n) is 3.80. The Balaban J connectivity index is 2.13. The first-order valence-electron chi connectivity index (χ1n) is 6.61. The zero-order valence-electron chi connectivity index (χ0n) is 10.8. The molecule has 3 heteroatoms. The van der Waals surface area contributed by atoms with Gasteiger partial charge in [0, 0.05) is 31.2 Å². The fourth-order valence-corrected chi connectivity index (χ4v) is 2.78. The van der Waals surface area contributed by atoms with Crippen LogP contribution in [0, 0.1) is 5.92 Å². The highest BCUT2D eigenvalue weighted by atomic mass is 15.2. The van der Waals surface area contributed by atoms with Gasteiger partial charge < -0.3 is 10.6 Å². The Kier molecular flexibility index (Phi) is 2.92. The molecule has 2 aromatic rings. The topological polar surface area (TPSA) is 42.2 Å². The normalized spacial score (nSPS) is 19.7. The average Bonchev–Trinajstić information content (AvgIpc) is 2.84. The molecule has 1 unspecified atom stereocenters. The number of nitrogens with two attached hydrogens (primary N) is 1. The van der Waals surface area contributed by atoms with Crippen LogP contribution in [0.4, 0.5) is 5.82 Å². The zero-order chi connectivity index (χ0) is 12.5. The molecule has 3 nitrogen and oxygen atoms in total. The van der Waals surface area contributed by atoms with Crippen molar-refractivity contribution >= 4 is 16.6 Å². The van der Waals surface area contributed by atoms with Crippen LogP contribution in [0.25, 0.3) is 10.8 Å². The molecule has 1 aliphatic heterocycles. The molecule has 0 saturated carbocycles. The molecule has 18 heavy (non-hydrogen) atoms. The summed E-state index contributed by atoms with van der Waals surface area (Å²) < 4.78 is 0. The number of pyridine rings is 1. The highest BCUT2D eigenvalue weighted by Gasteiger charge is 2.21. The first-order valence-corrected chi connectivity index (χ1v) is 6.61. The summed E-state index contributed by atoms with van der Waals surface area (Å²) >= 11 is 0. The van der Waals surface area contributed by atoms with Crippen molar-refractivity contribution in [2.24, 2.45) is 11.7 Å². The van der Waals surface area contributed by atoms with Gasteiger partial charge in [-0.05, 0) is 23.3 Å². The number of hydrogen-bond donors (Lipinski definition) is 1. The Labute approximate surface area is 108 Å². The maximum absolute atomic E-state index is 5.79. The van der Waals surface area contributed by atoms with E-state index in [2.05, 4.69) is 41.1 Å².